The van der Waals surface area contributed by atoms with Crippen molar-refractivity contribution in [3.63, 3.8) is 0 Å². The first-order chi connectivity index (χ1) is 10.2. The fraction of sp³-hybridized carbons (Fsp3) is 0.500. The molecule has 0 aromatic rings. The zero-order chi connectivity index (χ0) is 15.8. The summed E-state index contributed by atoms with van der Waals surface area (Å²) >= 11 is 0. The van der Waals surface area contributed by atoms with Crippen LogP contribution in [0.15, 0.2) is 48.3 Å². The van der Waals surface area contributed by atoms with Gasteiger partial charge in [-0.2, -0.15) is 0 Å². The summed E-state index contributed by atoms with van der Waals surface area (Å²) in [5, 5.41) is 17.7. The lowest BCUT2D eigenvalue weighted by molar-refractivity contribution is -0.137. The Morgan fingerprint density at radius 3 is 2.00 bits per heavy atom. The van der Waals surface area contributed by atoms with Crippen LogP contribution >= 0.6 is 0 Å². The number of aliphatic hydroxyl groups excluding tert-OH is 1. The number of unbranched alkanes of at least 4 members (excludes halogenated alkanes) is 2. The van der Waals surface area contributed by atoms with Crippen LogP contribution in [0.3, 0.4) is 0 Å². The normalized spacial score (nSPS) is 12.9. The van der Waals surface area contributed by atoms with Crippen molar-refractivity contribution < 1.29 is 15.0 Å². The molecule has 0 heterocycles. The molecule has 0 rings (SSSR count). The molecule has 2 N–H and O–H groups in total. The molecule has 0 aromatic carbocycles. The van der Waals surface area contributed by atoms with Gasteiger partial charge in [0, 0.05) is 12.8 Å². The molecule has 0 unspecified atom stereocenters. The lowest BCUT2D eigenvalue weighted by Gasteiger charge is -1.92. The van der Waals surface area contributed by atoms with Gasteiger partial charge in [-0.3, -0.25) is 4.79 Å². The lowest BCUT2D eigenvalue weighted by atomic mass is 10.2. The van der Waals surface area contributed by atoms with Gasteiger partial charge in [0.2, 0.25) is 0 Å². The SMILES string of the molecule is CC/C(O)=C/C/C=C/C/C=C/C/C=C/CCCCC(=O)O. The highest BCUT2D eigenvalue weighted by atomic mass is 16.4. The number of rotatable bonds is 12. The lowest BCUT2D eigenvalue weighted by Crippen LogP contribution is -1.92. The van der Waals surface area contributed by atoms with E-state index in [1.807, 2.05) is 13.0 Å². The first-order valence-electron chi connectivity index (χ1n) is 7.71. The number of hydrogen-bond acceptors (Lipinski definition) is 2. The number of carboxylic acids is 1. The van der Waals surface area contributed by atoms with Gasteiger partial charge in [0.05, 0.1) is 5.76 Å². The molecule has 3 heteroatoms. The van der Waals surface area contributed by atoms with Crippen LogP contribution in [0.5, 0.6) is 0 Å². The van der Waals surface area contributed by atoms with Crippen LogP contribution in [0.2, 0.25) is 0 Å². The molecular weight excluding hydrogens is 264 g/mol. The molecular formula is C18H28O3. The first kappa shape index (κ1) is 19.2. The Labute approximate surface area is 128 Å². The predicted molar refractivity (Wildman–Crippen MR) is 88.4 cm³/mol. The van der Waals surface area contributed by atoms with E-state index < -0.39 is 5.97 Å². The summed E-state index contributed by atoms with van der Waals surface area (Å²) in [6.07, 6.45) is 20.6. The molecule has 0 saturated carbocycles. The van der Waals surface area contributed by atoms with Gasteiger partial charge in [-0.15, -0.1) is 0 Å². The fourth-order valence-corrected chi connectivity index (χ4v) is 1.64. The Hall–Kier alpha value is -1.77. The van der Waals surface area contributed by atoms with Crippen LogP contribution < -0.4 is 0 Å². The third-order valence-electron chi connectivity index (χ3n) is 2.91. The van der Waals surface area contributed by atoms with E-state index in [1.54, 1.807) is 0 Å². The molecule has 0 saturated heterocycles. The third kappa shape index (κ3) is 16.2. The van der Waals surface area contributed by atoms with Gasteiger partial charge in [0.15, 0.2) is 0 Å². The molecule has 0 amide bonds. The Morgan fingerprint density at radius 2 is 1.43 bits per heavy atom. The number of hydrogen-bond donors (Lipinski definition) is 2. The molecule has 0 fully saturated rings. The van der Waals surface area contributed by atoms with E-state index in [2.05, 4.69) is 36.5 Å². The summed E-state index contributed by atoms with van der Waals surface area (Å²) < 4.78 is 0. The molecule has 0 spiro atoms. The molecule has 3 nitrogen and oxygen atoms in total. The van der Waals surface area contributed by atoms with Gasteiger partial charge in [-0.25, -0.2) is 0 Å². The maximum atomic E-state index is 10.3. The van der Waals surface area contributed by atoms with E-state index in [9.17, 15) is 9.90 Å². The molecule has 0 radical (unpaired) electrons. The van der Waals surface area contributed by atoms with Crippen LogP contribution in [0.25, 0.3) is 0 Å². The minimum Gasteiger partial charge on any atom is -0.513 e. The average molecular weight is 292 g/mol. The quantitative estimate of drug-likeness (QED) is 0.291. The molecule has 0 aliphatic heterocycles. The van der Waals surface area contributed by atoms with E-state index >= 15 is 0 Å². The topological polar surface area (TPSA) is 57.5 Å². The van der Waals surface area contributed by atoms with Crippen LogP contribution in [0.1, 0.15) is 58.3 Å². The highest BCUT2D eigenvalue weighted by Gasteiger charge is 1.93. The summed E-state index contributed by atoms with van der Waals surface area (Å²) in [4.78, 5) is 10.3. The number of aliphatic hydroxyl groups is 1. The zero-order valence-corrected chi connectivity index (χ0v) is 13.0. The second kappa shape index (κ2) is 14.6. The average Bonchev–Trinajstić information content (AvgIpc) is 2.46. The van der Waals surface area contributed by atoms with Crippen molar-refractivity contribution in [2.24, 2.45) is 0 Å². The first-order valence-corrected chi connectivity index (χ1v) is 7.71. The van der Waals surface area contributed by atoms with Crippen molar-refractivity contribution in [1.82, 2.24) is 0 Å². The largest absolute Gasteiger partial charge is 0.513 e. The van der Waals surface area contributed by atoms with Gasteiger partial charge >= 0.3 is 5.97 Å². The van der Waals surface area contributed by atoms with Crippen LogP contribution in [-0.2, 0) is 4.79 Å². The van der Waals surface area contributed by atoms with Gasteiger partial charge in [0.25, 0.3) is 0 Å². The molecule has 0 aromatic heterocycles. The van der Waals surface area contributed by atoms with Gasteiger partial charge in [-0.1, -0.05) is 43.4 Å². The second-order valence-corrected chi connectivity index (χ2v) is 4.81. The standard InChI is InChI=1S/C18H28O3/c1-2-17(19)15-13-11-9-7-5-3-4-6-8-10-12-14-16-18(20)21/h3,5-6,8-9,11,15,19H,2,4,7,10,12-14,16H2,1H3,(H,20,21)/b5-3+,8-6+,11-9+,17-15-. The summed E-state index contributed by atoms with van der Waals surface area (Å²) in [6.45, 7) is 1.93. The number of carbonyl (C=O) groups is 1. The number of aliphatic carboxylic acids is 1. The molecule has 0 atom stereocenters. The van der Waals surface area contributed by atoms with Gasteiger partial charge < -0.3 is 10.2 Å². The van der Waals surface area contributed by atoms with Crippen molar-refractivity contribution >= 4 is 5.97 Å². The summed E-state index contributed by atoms with van der Waals surface area (Å²) in [6, 6.07) is 0. The minimum absolute atomic E-state index is 0.269. The van der Waals surface area contributed by atoms with E-state index in [0.29, 0.717) is 12.2 Å². The van der Waals surface area contributed by atoms with E-state index in [1.165, 1.54) is 0 Å². The fourth-order valence-electron chi connectivity index (χ4n) is 1.64. The molecule has 21 heavy (non-hydrogen) atoms. The maximum absolute atomic E-state index is 10.3. The van der Waals surface area contributed by atoms with Gasteiger partial charge in [-0.05, 0) is 44.6 Å². The summed E-state index contributed by atoms with van der Waals surface area (Å²) in [5.41, 5.74) is 0. The van der Waals surface area contributed by atoms with Crippen LogP contribution in [0, 0.1) is 0 Å². The third-order valence-corrected chi connectivity index (χ3v) is 2.91. The van der Waals surface area contributed by atoms with Crippen LogP contribution in [-0.4, -0.2) is 16.2 Å². The minimum atomic E-state index is -0.713. The van der Waals surface area contributed by atoms with Crippen molar-refractivity contribution in [3.05, 3.63) is 48.3 Å². The molecule has 0 aliphatic carbocycles. The molecule has 0 bridgehead atoms. The predicted octanol–water partition coefficient (Wildman–Crippen LogP) is 5.32. The summed E-state index contributed by atoms with van der Waals surface area (Å²) in [5.74, 6) is -0.265. The maximum Gasteiger partial charge on any atom is 0.303 e. The van der Waals surface area contributed by atoms with E-state index in [0.717, 1.165) is 38.5 Å². The van der Waals surface area contributed by atoms with Crippen molar-refractivity contribution in [3.8, 4) is 0 Å². The van der Waals surface area contributed by atoms with Crippen molar-refractivity contribution in [2.75, 3.05) is 0 Å². The molecule has 118 valence electrons. The second-order valence-electron chi connectivity index (χ2n) is 4.81. The monoisotopic (exact) mass is 292 g/mol. The Morgan fingerprint density at radius 1 is 0.857 bits per heavy atom. The molecule has 0 aliphatic rings. The summed E-state index contributed by atoms with van der Waals surface area (Å²) in [7, 11) is 0. The van der Waals surface area contributed by atoms with E-state index in [-0.39, 0.29) is 6.42 Å². The Bertz CT molecular complexity index is 376. The highest BCUT2D eigenvalue weighted by Crippen LogP contribution is 2.02. The number of allylic oxidation sites excluding steroid dienone is 8. The number of carboxylic acid groups (broad SMARTS) is 1. The highest BCUT2D eigenvalue weighted by molar-refractivity contribution is 5.66. The zero-order valence-electron chi connectivity index (χ0n) is 13.0. The Kier molecular flexibility index (Phi) is 13.4. The Balaban J connectivity index is 3.47. The van der Waals surface area contributed by atoms with Crippen molar-refractivity contribution in [2.45, 2.75) is 58.3 Å². The van der Waals surface area contributed by atoms with Crippen molar-refractivity contribution in [1.29, 1.82) is 0 Å². The van der Waals surface area contributed by atoms with Crippen LogP contribution in [0.4, 0.5) is 0 Å². The van der Waals surface area contributed by atoms with Gasteiger partial charge in [0.1, 0.15) is 0 Å². The smallest absolute Gasteiger partial charge is 0.303 e. The van der Waals surface area contributed by atoms with E-state index in [4.69, 9.17) is 5.11 Å².